The zero-order valence-electron chi connectivity index (χ0n) is 7.66. The normalized spacial score (nSPS) is 21.4. The van der Waals surface area contributed by atoms with Crippen molar-refractivity contribution in [1.29, 1.82) is 0 Å². The van der Waals surface area contributed by atoms with Crippen LogP contribution < -0.4 is 0 Å². The Hall–Kier alpha value is -0.190. The molecule has 1 atom stereocenters. The van der Waals surface area contributed by atoms with Gasteiger partial charge < -0.3 is 4.74 Å². The van der Waals surface area contributed by atoms with Crippen LogP contribution in [-0.4, -0.2) is 19.0 Å². The Labute approximate surface area is 95.4 Å². The molecule has 0 radical (unpaired) electrons. The summed E-state index contributed by atoms with van der Waals surface area (Å²) in [6, 6.07) is 2.00. The van der Waals surface area contributed by atoms with E-state index in [-0.39, 0.29) is 5.92 Å². The predicted molar refractivity (Wildman–Crippen MR) is 59.7 cm³/mol. The molecule has 0 N–H and O–H groups in total. The molecule has 2 heterocycles. The van der Waals surface area contributed by atoms with Gasteiger partial charge in [-0.15, -0.1) is 11.3 Å². The molecule has 14 heavy (non-hydrogen) atoms. The zero-order valence-corrected chi connectivity index (χ0v) is 10.1. The molecule has 0 amide bonds. The van der Waals surface area contributed by atoms with Gasteiger partial charge in [0.05, 0.1) is 10.4 Å². The summed E-state index contributed by atoms with van der Waals surface area (Å²) >= 11 is 5.06. The van der Waals surface area contributed by atoms with Crippen molar-refractivity contribution in [1.82, 2.24) is 0 Å². The summed E-state index contributed by atoms with van der Waals surface area (Å²) in [5, 5.41) is 2.00. The van der Waals surface area contributed by atoms with Crippen LogP contribution in [0.5, 0.6) is 0 Å². The molecule has 4 heteroatoms. The Bertz CT molecular complexity index is 329. The molecule has 1 unspecified atom stereocenters. The molecule has 0 bridgehead atoms. The van der Waals surface area contributed by atoms with Crippen molar-refractivity contribution < 1.29 is 9.53 Å². The molecule has 0 aromatic carbocycles. The molecule has 0 aliphatic carbocycles. The number of thiophene rings is 1. The maximum Gasteiger partial charge on any atom is 0.142 e. The molecule has 1 saturated heterocycles. The molecule has 2 rings (SSSR count). The molecule has 1 aliphatic heterocycles. The van der Waals surface area contributed by atoms with Crippen LogP contribution >= 0.6 is 27.3 Å². The fourth-order valence-corrected chi connectivity index (χ4v) is 2.81. The second kappa shape index (κ2) is 4.55. The quantitative estimate of drug-likeness (QED) is 0.847. The summed E-state index contributed by atoms with van der Waals surface area (Å²) in [5.41, 5.74) is 1.10. The topological polar surface area (TPSA) is 26.3 Å². The van der Waals surface area contributed by atoms with E-state index in [1.165, 1.54) is 0 Å². The van der Waals surface area contributed by atoms with Gasteiger partial charge in [-0.3, -0.25) is 4.79 Å². The molecule has 0 spiro atoms. The van der Waals surface area contributed by atoms with E-state index in [0.717, 1.165) is 22.4 Å². The van der Waals surface area contributed by atoms with E-state index in [2.05, 4.69) is 15.9 Å². The predicted octanol–water partition coefficient (Wildman–Crippen LogP) is 2.66. The van der Waals surface area contributed by atoms with E-state index in [4.69, 9.17) is 4.74 Å². The molecular weight excluding hydrogens is 264 g/mol. The van der Waals surface area contributed by atoms with Crippen LogP contribution in [0, 0.1) is 5.92 Å². The number of rotatable bonds is 3. The first-order chi connectivity index (χ1) is 6.77. The van der Waals surface area contributed by atoms with Gasteiger partial charge in [0, 0.05) is 18.9 Å². The van der Waals surface area contributed by atoms with Gasteiger partial charge in [-0.2, -0.15) is 0 Å². The summed E-state index contributed by atoms with van der Waals surface area (Å²) in [6.45, 7) is 1.35. The first kappa shape index (κ1) is 10.3. The van der Waals surface area contributed by atoms with Gasteiger partial charge in [-0.25, -0.2) is 0 Å². The SMILES string of the molecule is O=C(Cc1ccsc1Br)C1CCOC1. The Kier molecular flexibility index (Phi) is 3.36. The van der Waals surface area contributed by atoms with E-state index in [1.54, 1.807) is 11.3 Å². The van der Waals surface area contributed by atoms with Crippen molar-refractivity contribution in [3.63, 3.8) is 0 Å². The Morgan fingerprint density at radius 1 is 1.71 bits per heavy atom. The number of hydrogen-bond donors (Lipinski definition) is 0. The fourth-order valence-electron chi connectivity index (χ4n) is 1.57. The third kappa shape index (κ3) is 2.24. The van der Waals surface area contributed by atoms with Crippen molar-refractivity contribution in [2.75, 3.05) is 13.2 Å². The van der Waals surface area contributed by atoms with Gasteiger partial charge in [-0.05, 0) is 39.4 Å². The smallest absolute Gasteiger partial charge is 0.142 e. The highest BCUT2D eigenvalue weighted by atomic mass is 79.9. The minimum Gasteiger partial charge on any atom is -0.381 e. The Morgan fingerprint density at radius 3 is 3.14 bits per heavy atom. The van der Waals surface area contributed by atoms with Crippen molar-refractivity contribution in [3.8, 4) is 0 Å². The minimum atomic E-state index is 0.127. The molecule has 1 aromatic rings. The number of Topliss-reactive ketones (excluding diaryl/α,β-unsaturated/α-hetero) is 1. The average Bonchev–Trinajstić information content (AvgIpc) is 2.77. The lowest BCUT2D eigenvalue weighted by Crippen LogP contribution is -2.16. The molecule has 0 saturated carbocycles. The third-order valence-corrected chi connectivity index (χ3v) is 4.25. The van der Waals surface area contributed by atoms with Crippen molar-refractivity contribution in [3.05, 3.63) is 20.8 Å². The third-order valence-electron chi connectivity index (χ3n) is 2.44. The zero-order chi connectivity index (χ0) is 9.97. The van der Waals surface area contributed by atoms with Gasteiger partial charge in [0.25, 0.3) is 0 Å². The lowest BCUT2D eigenvalue weighted by molar-refractivity contribution is -0.122. The highest BCUT2D eigenvalue weighted by Crippen LogP contribution is 2.25. The number of halogens is 1. The summed E-state index contributed by atoms with van der Waals surface area (Å²) in [5.74, 6) is 0.434. The average molecular weight is 275 g/mol. The van der Waals surface area contributed by atoms with Crippen LogP contribution in [0.4, 0.5) is 0 Å². The van der Waals surface area contributed by atoms with Crippen LogP contribution in [0.1, 0.15) is 12.0 Å². The van der Waals surface area contributed by atoms with Crippen LogP contribution in [0.3, 0.4) is 0 Å². The molecule has 1 fully saturated rings. The minimum absolute atomic E-state index is 0.127. The van der Waals surface area contributed by atoms with Crippen LogP contribution in [-0.2, 0) is 16.0 Å². The van der Waals surface area contributed by atoms with E-state index in [9.17, 15) is 4.79 Å². The summed E-state index contributed by atoms with van der Waals surface area (Å²) < 4.78 is 6.27. The molecule has 2 nitrogen and oxygen atoms in total. The molecule has 76 valence electrons. The first-order valence-corrected chi connectivity index (χ1v) is 6.27. The van der Waals surface area contributed by atoms with E-state index in [1.807, 2.05) is 11.4 Å². The number of carbonyl (C=O) groups is 1. The number of carbonyl (C=O) groups excluding carboxylic acids is 1. The van der Waals surface area contributed by atoms with E-state index < -0.39 is 0 Å². The maximum atomic E-state index is 11.8. The van der Waals surface area contributed by atoms with E-state index in [0.29, 0.717) is 18.8 Å². The summed E-state index contributed by atoms with van der Waals surface area (Å²) in [6.07, 6.45) is 1.43. The maximum absolute atomic E-state index is 11.8. The van der Waals surface area contributed by atoms with Gasteiger partial charge in [0.2, 0.25) is 0 Å². The van der Waals surface area contributed by atoms with E-state index >= 15 is 0 Å². The van der Waals surface area contributed by atoms with Gasteiger partial charge in [-0.1, -0.05) is 0 Å². The Balaban J connectivity index is 1.97. The highest BCUT2D eigenvalue weighted by molar-refractivity contribution is 9.11. The van der Waals surface area contributed by atoms with Crippen molar-refractivity contribution in [2.24, 2.45) is 5.92 Å². The lowest BCUT2D eigenvalue weighted by atomic mass is 9.99. The second-order valence-corrected chi connectivity index (χ2v) is 5.66. The monoisotopic (exact) mass is 274 g/mol. The molecule has 1 aromatic heterocycles. The molecule has 1 aliphatic rings. The Morgan fingerprint density at radius 2 is 2.57 bits per heavy atom. The number of hydrogen-bond acceptors (Lipinski definition) is 3. The second-order valence-electron chi connectivity index (χ2n) is 3.42. The lowest BCUT2D eigenvalue weighted by Gasteiger charge is -2.05. The van der Waals surface area contributed by atoms with Gasteiger partial charge >= 0.3 is 0 Å². The largest absolute Gasteiger partial charge is 0.381 e. The van der Waals surface area contributed by atoms with Crippen LogP contribution in [0.2, 0.25) is 0 Å². The molecular formula is C10H11BrO2S. The standard InChI is InChI=1S/C10H11BrO2S/c11-10-7(2-4-14-10)5-9(12)8-1-3-13-6-8/h2,4,8H,1,3,5-6H2. The first-order valence-electron chi connectivity index (χ1n) is 4.59. The van der Waals surface area contributed by atoms with Gasteiger partial charge in [0.1, 0.15) is 5.78 Å². The number of ketones is 1. The van der Waals surface area contributed by atoms with Gasteiger partial charge in [0.15, 0.2) is 0 Å². The van der Waals surface area contributed by atoms with Crippen molar-refractivity contribution in [2.45, 2.75) is 12.8 Å². The van der Waals surface area contributed by atoms with Crippen LogP contribution in [0.25, 0.3) is 0 Å². The summed E-state index contributed by atoms with van der Waals surface area (Å²) in [4.78, 5) is 11.8. The summed E-state index contributed by atoms with van der Waals surface area (Å²) in [7, 11) is 0. The fraction of sp³-hybridized carbons (Fsp3) is 0.500. The van der Waals surface area contributed by atoms with Crippen LogP contribution in [0.15, 0.2) is 15.2 Å². The van der Waals surface area contributed by atoms with Crippen molar-refractivity contribution >= 4 is 33.0 Å². The number of ether oxygens (including phenoxy) is 1. The highest BCUT2D eigenvalue weighted by Gasteiger charge is 2.23.